The number of hydrogen-bond donors (Lipinski definition) is 1. The highest BCUT2D eigenvalue weighted by atomic mass is 32.1. The van der Waals surface area contributed by atoms with Crippen molar-refractivity contribution in [1.29, 1.82) is 0 Å². The number of halogens is 1. The summed E-state index contributed by atoms with van der Waals surface area (Å²) in [4.78, 5) is 3.09. The van der Waals surface area contributed by atoms with Gasteiger partial charge in [0, 0.05) is 19.0 Å². The van der Waals surface area contributed by atoms with E-state index in [2.05, 4.69) is 4.90 Å². The maximum atomic E-state index is 12.8. The molecule has 1 fully saturated rings. The van der Waals surface area contributed by atoms with Gasteiger partial charge in [0.15, 0.2) is 0 Å². The lowest BCUT2D eigenvalue weighted by atomic mass is 9.98. The van der Waals surface area contributed by atoms with Crippen molar-refractivity contribution in [3.8, 4) is 0 Å². The lowest BCUT2D eigenvalue weighted by Crippen LogP contribution is -2.42. The average molecular weight is 280 g/mol. The summed E-state index contributed by atoms with van der Waals surface area (Å²) in [6.45, 7) is 2.12. The fraction of sp³-hybridized carbons (Fsp3) is 0.533. The molecule has 0 aliphatic carbocycles. The first kappa shape index (κ1) is 14.4. The monoisotopic (exact) mass is 280 g/mol. The number of benzene rings is 1. The molecule has 1 aromatic rings. The van der Waals surface area contributed by atoms with E-state index in [1.807, 2.05) is 12.1 Å². The molecule has 2 N–H and O–H groups in total. The molecular weight excluding hydrogens is 259 g/mol. The molecule has 0 spiro atoms. The predicted octanol–water partition coefficient (Wildman–Crippen LogP) is 2.90. The van der Waals surface area contributed by atoms with E-state index in [4.69, 9.17) is 18.0 Å². The topological polar surface area (TPSA) is 29.3 Å². The molecule has 0 amide bonds. The Hall–Kier alpha value is -1.00. The van der Waals surface area contributed by atoms with Gasteiger partial charge < -0.3 is 5.73 Å². The Labute approximate surface area is 119 Å². The Morgan fingerprint density at radius 2 is 2.05 bits per heavy atom. The number of piperidine rings is 1. The molecule has 104 valence electrons. The molecule has 1 aromatic carbocycles. The zero-order valence-electron chi connectivity index (χ0n) is 11.1. The molecule has 1 atom stereocenters. The van der Waals surface area contributed by atoms with Crippen molar-refractivity contribution in [1.82, 2.24) is 4.90 Å². The molecule has 4 heteroatoms. The molecule has 0 saturated carbocycles. The van der Waals surface area contributed by atoms with Gasteiger partial charge in [-0.05, 0) is 43.5 Å². The molecule has 0 bridgehead atoms. The van der Waals surface area contributed by atoms with Crippen molar-refractivity contribution in [2.75, 3.05) is 13.1 Å². The minimum Gasteiger partial charge on any atom is -0.393 e. The standard InChI is InChI=1S/C15H21FN2S/c16-13-6-4-12(5-7-13)8-10-18-9-2-1-3-14(18)11-15(17)19/h4-7,14H,1-3,8-11H2,(H2,17,19). The number of nitrogens with zero attached hydrogens (tertiary/aromatic N) is 1. The molecule has 0 radical (unpaired) electrons. The Morgan fingerprint density at radius 1 is 1.32 bits per heavy atom. The van der Waals surface area contributed by atoms with Gasteiger partial charge in [0.25, 0.3) is 0 Å². The summed E-state index contributed by atoms with van der Waals surface area (Å²) in [5.41, 5.74) is 6.85. The van der Waals surface area contributed by atoms with Crippen LogP contribution in [0.2, 0.25) is 0 Å². The SMILES string of the molecule is NC(=S)CC1CCCCN1CCc1ccc(F)cc1. The van der Waals surface area contributed by atoms with Crippen LogP contribution < -0.4 is 5.73 Å². The van der Waals surface area contributed by atoms with E-state index in [0.717, 1.165) is 25.9 Å². The zero-order valence-corrected chi connectivity index (χ0v) is 12.0. The molecule has 1 aliphatic heterocycles. The highest BCUT2D eigenvalue weighted by Crippen LogP contribution is 2.20. The first-order valence-corrected chi connectivity index (χ1v) is 7.33. The van der Waals surface area contributed by atoms with E-state index in [1.54, 1.807) is 0 Å². The maximum absolute atomic E-state index is 12.8. The summed E-state index contributed by atoms with van der Waals surface area (Å²) in [6, 6.07) is 7.27. The minimum absolute atomic E-state index is 0.173. The normalized spacial score (nSPS) is 20.4. The number of thiocarbonyl (C=S) groups is 1. The van der Waals surface area contributed by atoms with Gasteiger partial charge in [-0.15, -0.1) is 0 Å². The zero-order chi connectivity index (χ0) is 13.7. The van der Waals surface area contributed by atoms with Crippen molar-refractivity contribution >= 4 is 17.2 Å². The van der Waals surface area contributed by atoms with Crippen LogP contribution in [0.4, 0.5) is 4.39 Å². The first-order chi connectivity index (χ1) is 9.15. The Morgan fingerprint density at radius 3 is 2.74 bits per heavy atom. The number of likely N-dealkylation sites (tertiary alicyclic amines) is 1. The molecule has 1 unspecified atom stereocenters. The number of hydrogen-bond acceptors (Lipinski definition) is 2. The van der Waals surface area contributed by atoms with E-state index < -0.39 is 0 Å². The lowest BCUT2D eigenvalue weighted by Gasteiger charge is -2.35. The van der Waals surface area contributed by atoms with E-state index in [0.29, 0.717) is 11.0 Å². The second-order valence-electron chi connectivity index (χ2n) is 5.23. The van der Waals surface area contributed by atoms with Gasteiger partial charge in [-0.25, -0.2) is 4.39 Å². The van der Waals surface area contributed by atoms with E-state index >= 15 is 0 Å². The third kappa shape index (κ3) is 4.55. The minimum atomic E-state index is -0.173. The van der Waals surface area contributed by atoms with Crippen molar-refractivity contribution in [2.45, 2.75) is 38.1 Å². The number of rotatable bonds is 5. The predicted molar refractivity (Wildman–Crippen MR) is 80.7 cm³/mol. The largest absolute Gasteiger partial charge is 0.393 e. The van der Waals surface area contributed by atoms with Gasteiger partial charge in [0.1, 0.15) is 5.82 Å². The van der Waals surface area contributed by atoms with Gasteiger partial charge in [-0.3, -0.25) is 4.90 Å². The third-order valence-electron chi connectivity index (χ3n) is 3.79. The van der Waals surface area contributed by atoms with Crippen molar-refractivity contribution in [3.05, 3.63) is 35.6 Å². The van der Waals surface area contributed by atoms with E-state index in [1.165, 1.54) is 37.0 Å². The van der Waals surface area contributed by atoms with Crippen LogP contribution in [-0.4, -0.2) is 29.0 Å². The van der Waals surface area contributed by atoms with Crippen LogP contribution in [0.25, 0.3) is 0 Å². The Bertz CT molecular complexity index is 419. The quantitative estimate of drug-likeness (QED) is 0.841. The molecular formula is C15H21FN2S. The molecule has 19 heavy (non-hydrogen) atoms. The maximum Gasteiger partial charge on any atom is 0.123 e. The summed E-state index contributed by atoms with van der Waals surface area (Å²) in [5.74, 6) is -0.173. The highest BCUT2D eigenvalue weighted by molar-refractivity contribution is 7.80. The van der Waals surface area contributed by atoms with E-state index in [-0.39, 0.29) is 5.82 Å². The number of nitrogens with two attached hydrogens (primary N) is 1. The molecule has 2 nitrogen and oxygen atoms in total. The van der Waals surface area contributed by atoms with Crippen molar-refractivity contribution in [2.24, 2.45) is 5.73 Å². The van der Waals surface area contributed by atoms with Gasteiger partial charge in [-0.1, -0.05) is 30.8 Å². The van der Waals surface area contributed by atoms with Gasteiger partial charge in [0.05, 0.1) is 4.99 Å². The van der Waals surface area contributed by atoms with E-state index in [9.17, 15) is 4.39 Å². The van der Waals surface area contributed by atoms with Crippen LogP contribution in [-0.2, 0) is 6.42 Å². The van der Waals surface area contributed by atoms with Crippen LogP contribution in [0.3, 0.4) is 0 Å². The van der Waals surface area contributed by atoms with Crippen LogP contribution >= 0.6 is 12.2 Å². The van der Waals surface area contributed by atoms with Crippen LogP contribution in [0.1, 0.15) is 31.2 Å². The average Bonchev–Trinajstić information content (AvgIpc) is 2.39. The second-order valence-corrected chi connectivity index (χ2v) is 5.76. The molecule has 0 aromatic heterocycles. The fourth-order valence-electron chi connectivity index (χ4n) is 2.74. The summed E-state index contributed by atoms with van der Waals surface area (Å²) in [7, 11) is 0. The molecule has 1 heterocycles. The summed E-state index contributed by atoms with van der Waals surface area (Å²) < 4.78 is 12.8. The van der Waals surface area contributed by atoms with Crippen LogP contribution in [0.5, 0.6) is 0 Å². The molecule has 1 saturated heterocycles. The van der Waals surface area contributed by atoms with Crippen LogP contribution in [0, 0.1) is 5.82 Å². The fourth-order valence-corrected chi connectivity index (χ4v) is 2.93. The van der Waals surface area contributed by atoms with Gasteiger partial charge >= 0.3 is 0 Å². The van der Waals surface area contributed by atoms with Gasteiger partial charge in [-0.2, -0.15) is 0 Å². The lowest BCUT2D eigenvalue weighted by molar-refractivity contribution is 0.154. The van der Waals surface area contributed by atoms with Crippen molar-refractivity contribution in [3.63, 3.8) is 0 Å². The Balaban J connectivity index is 1.88. The summed E-state index contributed by atoms with van der Waals surface area (Å²) in [6.07, 6.45) is 5.46. The third-order valence-corrected chi connectivity index (χ3v) is 3.95. The van der Waals surface area contributed by atoms with Crippen LogP contribution in [0.15, 0.2) is 24.3 Å². The second kappa shape index (κ2) is 6.96. The Kier molecular flexibility index (Phi) is 5.28. The smallest absolute Gasteiger partial charge is 0.123 e. The highest BCUT2D eigenvalue weighted by Gasteiger charge is 2.22. The van der Waals surface area contributed by atoms with Gasteiger partial charge in [0.2, 0.25) is 0 Å². The summed E-state index contributed by atoms with van der Waals surface area (Å²) >= 11 is 5.03. The molecule has 2 rings (SSSR count). The summed E-state index contributed by atoms with van der Waals surface area (Å²) in [5, 5.41) is 0. The van der Waals surface area contributed by atoms with Crippen molar-refractivity contribution < 1.29 is 4.39 Å². The molecule has 1 aliphatic rings. The first-order valence-electron chi connectivity index (χ1n) is 6.92.